The first-order valence-electron chi connectivity index (χ1n) is 5.93. The third-order valence-corrected chi connectivity index (χ3v) is 4.95. The van der Waals surface area contributed by atoms with Crippen LogP contribution in [0, 0.1) is 0 Å². The Morgan fingerprint density at radius 2 is 2.37 bits per heavy atom. The number of aliphatic hydroxyl groups excluding tert-OH is 1. The highest BCUT2D eigenvalue weighted by Gasteiger charge is 2.18. The van der Waals surface area contributed by atoms with Gasteiger partial charge in [-0.15, -0.1) is 11.3 Å². The Kier molecular flexibility index (Phi) is 4.79. The molecule has 2 atom stereocenters. The average molecular weight is 296 g/mol. The quantitative estimate of drug-likeness (QED) is 0.887. The smallest absolute Gasteiger partial charge is 0.251 e. The van der Waals surface area contributed by atoms with Crippen LogP contribution in [0.3, 0.4) is 0 Å². The molecule has 0 aliphatic carbocycles. The van der Waals surface area contributed by atoms with Crippen molar-refractivity contribution in [1.29, 1.82) is 0 Å². The number of aliphatic hydroxyl groups is 1. The summed E-state index contributed by atoms with van der Waals surface area (Å²) in [4.78, 5) is 16.3. The van der Waals surface area contributed by atoms with E-state index in [2.05, 4.69) is 10.3 Å². The highest BCUT2D eigenvalue weighted by Crippen LogP contribution is 2.19. The maximum Gasteiger partial charge on any atom is 0.251 e. The molecule has 1 aromatic carbocycles. The molecule has 1 aromatic heterocycles. The molecule has 6 heteroatoms. The van der Waals surface area contributed by atoms with Gasteiger partial charge in [0.1, 0.15) is 0 Å². The number of aromatic nitrogens is 1. The lowest BCUT2D eigenvalue weighted by Crippen LogP contribution is -2.41. The molecule has 0 aliphatic heterocycles. The second-order valence-electron chi connectivity index (χ2n) is 4.25. The maximum absolute atomic E-state index is 12.1. The van der Waals surface area contributed by atoms with Crippen molar-refractivity contribution < 1.29 is 9.90 Å². The van der Waals surface area contributed by atoms with Crippen molar-refractivity contribution in [2.45, 2.75) is 18.2 Å². The predicted molar refractivity (Wildman–Crippen MR) is 80.9 cm³/mol. The molecule has 102 valence electrons. The van der Waals surface area contributed by atoms with Crippen molar-refractivity contribution in [3.63, 3.8) is 0 Å². The summed E-state index contributed by atoms with van der Waals surface area (Å²) < 4.78 is 1.00. The molecule has 1 amide bonds. The van der Waals surface area contributed by atoms with E-state index in [1.807, 2.05) is 25.3 Å². The summed E-state index contributed by atoms with van der Waals surface area (Å²) >= 11 is 3.06. The van der Waals surface area contributed by atoms with E-state index < -0.39 is 0 Å². The summed E-state index contributed by atoms with van der Waals surface area (Å²) in [6.45, 7) is 1.96. The molecule has 0 spiro atoms. The van der Waals surface area contributed by atoms with Gasteiger partial charge in [0.25, 0.3) is 5.91 Å². The fraction of sp³-hybridized carbons (Fsp3) is 0.385. The van der Waals surface area contributed by atoms with E-state index in [4.69, 9.17) is 0 Å². The van der Waals surface area contributed by atoms with E-state index >= 15 is 0 Å². The number of benzene rings is 1. The molecule has 2 rings (SSSR count). The zero-order valence-electron chi connectivity index (χ0n) is 10.8. The van der Waals surface area contributed by atoms with Crippen LogP contribution < -0.4 is 5.32 Å². The standard InChI is InChI=1S/C13H16N2O2S2/c1-8(12(6-16)18-2)15-13(17)9-3-4-10-11(5-9)19-7-14-10/h3-5,7-8,12,16H,6H2,1-2H3,(H,15,17). The van der Waals surface area contributed by atoms with Gasteiger partial charge in [0.2, 0.25) is 0 Å². The lowest BCUT2D eigenvalue weighted by molar-refractivity contribution is 0.0936. The molecule has 0 radical (unpaired) electrons. The summed E-state index contributed by atoms with van der Waals surface area (Å²) in [5, 5.41) is 12.1. The first kappa shape index (κ1) is 14.3. The first-order valence-corrected chi connectivity index (χ1v) is 8.10. The van der Waals surface area contributed by atoms with Gasteiger partial charge in [-0.05, 0) is 31.4 Å². The third kappa shape index (κ3) is 3.26. The fourth-order valence-electron chi connectivity index (χ4n) is 1.82. The minimum atomic E-state index is -0.115. The number of thiazole rings is 1. The van der Waals surface area contributed by atoms with Crippen molar-refractivity contribution in [2.75, 3.05) is 12.9 Å². The number of nitrogens with zero attached hydrogens (tertiary/aromatic N) is 1. The summed E-state index contributed by atoms with van der Waals surface area (Å²) in [5.41, 5.74) is 3.30. The molecule has 2 aromatic rings. The van der Waals surface area contributed by atoms with Crippen molar-refractivity contribution in [2.24, 2.45) is 0 Å². The van der Waals surface area contributed by atoms with Gasteiger partial charge in [-0.3, -0.25) is 4.79 Å². The monoisotopic (exact) mass is 296 g/mol. The molecule has 0 saturated carbocycles. The summed E-state index contributed by atoms with van der Waals surface area (Å²) in [7, 11) is 0. The molecule has 2 N–H and O–H groups in total. The van der Waals surface area contributed by atoms with E-state index in [0.29, 0.717) is 5.56 Å². The normalized spacial score (nSPS) is 14.3. The maximum atomic E-state index is 12.1. The zero-order valence-corrected chi connectivity index (χ0v) is 12.4. The van der Waals surface area contributed by atoms with Gasteiger partial charge in [-0.1, -0.05) is 0 Å². The van der Waals surface area contributed by atoms with Crippen LogP contribution in [-0.4, -0.2) is 40.2 Å². The van der Waals surface area contributed by atoms with Crippen LogP contribution in [0.25, 0.3) is 10.2 Å². The molecular weight excluding hydrogens is 280 g/mol. The fourth-order valence-corrected chi connectivity index (χ4v) is 3.16. The van der Waals surface area contributed by atoms with Crippen LogP contribution in [-0.2, 0) is 0 Å². The highest BCUT2D eigenvalue weighted by atomic mass is 32.2. The third-order valence-electron chi connectivity index (χ3n) is 2.99. The minimum Gasteiger partial charge on any atom is -0.395 e. The van der Waals surface area contributed by atoms with Crippen LogP contribution in [0.4, 0.5) is 0 Å². The Labute approximate surface area is 120 Å². The lowest BCUT2D eigenvalue weighted by atomic mass is 10.1. The van der Waals surface area contributed by atoms with Crippen LogP contribution >= 0.6 is 23.1 Å². The molecule has 0 fully saturated rings. The second-order valence-corrected chi connectivity index (χ2v) is 6.22. The van der Waals surface area contributed by atoms with Crippen LogP contribution in [0.5, 0.6) is 0 Å². The molecule has 0 aliphatic rings. The van der Waals surface area contributed by atoms with Crippen LogP contribution in [0.2, 0.25) is 0 Å². The molecule has 2 unspecified atom stereocenters. The predicted octanol–water partition coefficient (Wildman–Crippen LogP) is 2.14. The SMILES string of the molecule is CSC(CO)C(C)NC(=O)c1ccc2ncsc2c1. The van der Waals surface area contributed by atoms with Gasteiger partial charge in [-0.2, -0.15) is 11.8 Å². The Morgan fingerprint density at radius 1 is 1.58 bits per heavy atom. The van der Waals surface area contributed by atoms with Crippen LogP contribution in [0.1, 0.15) is 17.3 Å². The van der Waals surface area contributed by atoms with Gasteiger partial charge in [0.05, 0.1) is 22.3 Å². The Hall–Kier alpha value is -1.11. The van der Waals surface area contributed by atoms with E-state index in [0.717, 1.165) is 10.2 Å². The summed E-state index contributed by atoms with van der Waals surface area (Å²) in [5.74, 6) is -0.115. The van der Waals surface area contributed by atoms with Crippen LogP contribution in [0.15, 0.2) is 23.7 Å². The number of rotatable bonds is 5. The number of carbonyl (C=O) groups is 1. The molecule has 1 heterocycles. The Morgan fingerprint density at radius 3 is 3.05 bits per heavy atom. The summed E-state index contributed by atoms with van der Waals surface area (Å²) in [6.07, 6.45) is 1.92. The topological polar surface area (TPSA) is 62.2 Å². The Balaban J connectivity index is 2.10. The second kappa shape index (κ2) is 6.36. The zero-order chi connectivity index (χ0) is 13.8. The number of thioether (sulfide) groups is 1. The van der Waals surface area contributed by atoms with E-state index in [9.17, 15) is 9.90 Å². The lowest BCUT2D eigenvalue weighted by Gasteiger charge is -2.21. The molecule has 19 heavy (non-hydrogen) atoms. The van der Waals surface area contributed by atoms with Gasteiger partial charge in [0.15, 0.2) is 0 Å². The van der Waals surface area contributed by atoms with Crippen molar-refractivity contribution in [3.05, 3.63) is 29.3 Å². The number of fused-ring (bicyclic) bond motifs is 1. The average Bonchev–Trinajstić information content (AvgIpc) is 2.87. The van der Waals surface area contributed by atoms with Gasteiger partial charge < -0.3 is 10.4 Å². The first-order chi connectivity index (χ1) is 9.15. The summed E-state index contributed by atoms with van der Waals surface area (Å²) in [6, 6.07) is 5.40. The Bertz CT molecular complexity index is 567. The van der Waals surface area contributed by atoms with E-state index in [1.54, 1.807) is 23.3 Å². The molecule has 4 nitrogen and oxygen atoms in total. The largest absolute Gasteiger partial charge is 0.395 e. The molecule has 0 bridgehead atoms. The molecular formula is C13H16N2O2S2. The van der Waals surface area contributed by atoms with Gasteiger partial charge in [0, 0.05) is 16.9 Å². The van der Waals surface area contributed by atoms with Crippen molar-refractivity contribution >= 4 is 39.2 Å². The number of amides is 1. The number of nitrogens with one attached hydrogen (secondary N) is 1. The number of hydrogen-bond acceptors (Lipinski definition) is 5. The number of hydrogen-bond donors (Lipinski definition) is 2. The minimum absolute atomic E-state index is 0.0103. The number of carbonyl (C=O) groups excluding carboxylic acids is 1. The van der Waals surface area contributed by atoms with Crippen molar-refractivity contribution in [3.8, 4) is 0 Å². The van der Waals surface area contributed by atoms with Crippen molar-refractivity contribution in [1.82, 2.24) is 10.3 Å². The highest BCUT2D eigenvalue weighted by molar-refractivity contribution is 7.99. The van der Waals surface area contributed by atoms with Gasteiger partial charge in [-0.25, -0.2) is 4.98 Å². The van der Waals surface area contributed by atoms with Gasteiger partial charge >= 0.3 is 0 Å². The van der Waals surface area contributed by atoms with E-state index in [1.165, 1.54) is 11.3 Å². The molecule has 0 saturated heterocycles. The van der Waals surface area contributed by atoms with E-state index in [-0.39, 0.29) is 23.8 Å².